The molecule has 0 saturated carbocycles. The monoisotopic (exact) mass is 316 g/mol. The van der Waals surface area contributed by atoms with E-state index in [1.165, 1.54) is 6.07 Å². The van der Waals surface area contributed by atoms with Crippen LogP contribution in [0.1, 0.15) is 12.0 Å². The molecule has 1 aliphatic rings. The quantitative estimate of drug-likeness (QED) is 0.652. The molecule has 1 amide bonds. The third-order valence-corrected chi connectivity index (χ3v) is 3.59. The van der Waals surface area contributed by atoms with Crippen molar-refractivity contribution in [1.29, 1.82) is 0 Å². The third-order valence-electron chi connectivity index (χ3n) is 3.30. The summed E-state index contributed by atoms with van der Waals surface area (Å²) in [4.78, 5) is 11.6. The van der Waals surface area contributed by atoms with Crippen LogP contribution in [0.3, 0.4) is 0 Å². The van der Waals surface area contributed by atoms with E-state index in [2.05, 4.69) is 10.6 Å². The summed E-state index contributed by atoms with van der Waals surface area (Å²) in [6.07, 6.45) is 0.531. The number of amides is 1. The van der Waals surface area contributed by atoms with Crippen molar-refractivity contribution in [3.05, 3.63) is 34.6 Å². The van der Waals surface area contributed by atoms with Gasteiger partial charge in [0.15, 0.2) is 0 Å². The van der Waals surface area contributed by atoms with E-state index in [9.17, 15) is 14.3 Å². The minimum Gasteiger partial charge on any atom is -0.385 e. The first kappa shape index (κ1) is 16.2. The summed E-state index contributed by atoms with van der Waals surface area (Å²) in [7, 11) is 0. The largest absolute Gasteiger partial charge is 0.385 e. The van der Waals surface area contributed by atoms with E-state index in [4.69, 9.17) is 16.3 Å². The van der Waals surface area contributed by atoms with Crippen molar-refractivity contribution >= 4 is 17.5 Å². The van der Waals surface area contributed by atoms with Gasteiger partial charge in [0, 0.05) is 12.1 Å². The first-order valence-corrected chi connectivity index (χ1v) is 7.08. The minimum atomic E-state index is -0.757. The second kappa shape index (κ2) is 7.17. The Bertz CT molecular complexity index is 509. The molecule has 0 unspecified atom stereocenters. The molecule has 0 atom stereocenters. The first-order chi connectivity index (χ1) is 10.0. The molecule has 1 aromatic carbocycles. The van der Waals surface area contributed by atoms with E-state index in [1.54, 1.807) is 12.1 Å². The molecular formula is C14H18ClFN2O3. The number of carbonyl (C=O) groups is 1. The predicted molar refractivity (Wildman–Crippen MR) is 76.5 cm³/mol. The van der Waals surface area contributed by atoms with E-state index in [-0.39, 0.29) is 24.0 Å². The molecule has 3 N–H and O–H groups in total. The van der Waals surface area contributed by atoms with Crippen molar-refractivity contribution in [1.82, 2.24) is 10.6 Å². The molecular weight excluding hydrogens is 299 g/mol. The molecule has 1 aliphatic heterocycles. The van der Waals surface area contributed by atoms with Crippen LogP contribution in [0.2, 0.25) is 5.02 Å². The first-order valence-electron chi connectivity index (χ1n) is 6.71. The Labute approximate surface area is 127 Å². The Morgan fingerprint density at radius 2 is 2.24 bits per heavy atom. The summed E-state index contributed by atoms with van der Waals surface area (Å²) in [6, 6.07) is 4.66. The molecule has 1 fully saturated rings. The standard InChI is InChI=1S/C14H18ClFN2O3/c15-11-3-1-2-10(13(11)16)6-18-12(19)7-17-5-4-14(20)8-21-9-14/h1-3,17,20H,4-9H2,(H,18,19). The topological polar surface area (TPSA) is 70.6 Å². The number of hydrogen-bond acceptors (Lipinski definition) is 4. The molecule has 0 spiro atoms. The molecule has 7 heteroatoms. The molecule has 21 heavy (non-hydrogen) atoms. The summed E-state index contributed by atoms with van der Waals surface area (Å²) >= 11 is 5.66. The summed E-state index contributed by atoms with van der Waals surface area (Å²) in [5, 5.41) is 15.3. The Morgan fingerprint density at radius 1 is 1.48 bits per heavy atom. The average Bonchev–Trinajstić information content (AvgIpc) is 2.43. The van der Waals surface area contributed by atoms with Gasteiger partial charge >= 0.3 is 0 Å². The van der Waals surface area contributed by atoms with Crippen LogP contribution in [0, 0.1) is 5.82 Å². The van der Waals surface area contributed by atoms with Crippen LogP contribution in [0.15, 0.2) is 18.2 Å². The van der Waals surface area contributed by atoms with Crippen molar-refractivity contribution in [2.45, 2.75) is 18.6 Å². The number of hydrogen-bond donors (Lipinski definition) is 3. The average molecular weight is 317 g/mol. The van der Waals surface area contributed by atoms with Crippen LogP contribution < -0.4 is 10.6 Å². The highest BCUT2D eigenvalue weighted by atomic mass is 35.5. The van der Waals surface area contributed by atoms with Gasteiger partial charge in [-0.25, -0.2) is 4.39 Å². The zero-order valence-electron chi connectivity index (χ0n) is 11.5. The number of ether oxygens (including phenoxy) is 1. The van der Waals surface area contributed by atoms with Crippen LogP contribution in [0.5, 0.6) is 0 Å². The normalized spacial score (nSPS) is 16.3. The lowest BCUT2D eigenvalue weighted by Crippen LogP contribution is -2.51. The fourth-order valence-corrected chi connectivity index (χ4v) is 2.14. The fourth-order valence-electron chi connectivity index (χ4n) is 1.95. The maximum Gasteiger partial charge on any atom is 0.234 e. The summed E-state index contributed by atoms with van der Waals surface area (Å²) < 4.78 is 18.5. The molecule has 0 bridgehead atoms. The summed E-state index contributed by atoms with van der Waals surface area (Å²) in [6.45, 7) is 1.40. The van der Waals surface area contributed by atoms with Gasteiger partial charge in [-0.2, -0.15) is 0 Å². The fraction of sp³-hybridized carbons (Fsp3) is 0.500. The van der Waals surface area contributed by atoms with Gasteiger partial charge in [0.05, 0.1) is 24.8 Å². The number of carbonyl (C=O) groups excluding carboxylic acids is 1. The van der Waals surface area contributed by atoms with Crippen LogP contribution >= 0.6 is 11.6 Å². The lowest BCUT2D eigenvalue weighted by Gasteiger charge is -2.36. The molecule has 0 radical (unpaired) electrons. The Morgan fingerprint density at radius 3 is 2.90 bits per heavy atom. The molecule has 0 aromatic heterocycles. The third kappa shape index (κ3) is 4.64. The van der Waals surface area contributed by atoms with Gasteiger partial charge in [-0.15, -0.1) is 0 Å². The van der Waals surface area contributed by atoms with Crippen LogP contribution in [0.4, 0.5) is 4.39 Å². The molecule has 2 rings (SSSR count). The van der Waals surface area contributed by atoms with Gasteiger partial charge in [0.25, 0.3) is 0 Å². The van der Waals surface area contributed by atoms with Gasteiger partial charge in [-0.05, 0) is 19.0 Å². The van der Waals surface area contributed by atoms with E-state index in [0.717, 1.165) is 0 Å². The maximum atomic E-state index is 13.6. The van der Waals surface area contributed by atoms with E-state index in [1.807, 2.05) is 0 Å². The van der Waals surface area contributed by atoms with Crippen LogP contribution in [0.25, 0.3) is 0 Å². The molecule has 1 saturated heterocycles. The van der Waals surface area contributed by atoms with Gasteiger partial charge in [0.1, 0.15) is 11.4 Å². The lowest BCUT2D eigenvalue weighted by molar-refractivity contribution is -0.180. The van der Waals surface area contributed by atoms with Crippen molar-refractivity contribution in [3.8, 4) is 0 Å². The van der Waals surface area contributed by atoms with Crippen LogP contribution in [-0.4, -0.2) is 42.9 Å². The highest BCUT2D eigenvalue weighted by molar-refractivity contribution is 6.30. The van der Waals surface area contributed by atoms with Crippen molar-refractivity contribution < 1.29 is 19.0 Å². The van der Waals surface area contributed by atoms with Crippen molar-refractivity contribution in [2.24, 2.45) is 0 Å². The van der Waals surface area contributed by atoms with Gasteiger partial charge in [-0.3, -0.25) is 4.79 Å². The maximum absolute atomic E-state index is 13.6. The molecule has 1 heterocycles. The number of halogens is 2. The molecule has 1 aromatic rings. The number of nitrogens with one attached hydrogen (secondary N) is 2. The predicted octanol–water partition coefficient (Wildman–Crippen LogP) is 0.836. The van der Waals surface area contributed by atoms with Crippen molar-refractivity contribution in [2.75, 3.05) is 26.3 Å². The van der Waals surface area contributed by atoms with Crippen molar-refractivity contribution in [3.63, 3.8) is 0 Å². The highest BCUT2D eigenvalue weighted by Crippen LogP contribution is 2.19. The summed E-state index contributed by atoms with van der Waals surface area (Å²) in [5.41, 5.74) is -0.412. The minimum absolute atomic E-state index is 0.0378. The number of benzene rings is 1. The zero-order valence-corrected chi connectivity index (χ0v) is 12.3. The number of aliphatic hydroxyl groups is 1. The molecule has 5 nitrogen and oxygen atoms in total. The second-order valence-electron chi connectivity index (χ2n) is 5.13. The summed E-state index contributed by atoms with van der Waals surface area (Å²) in [5.74, 6) is -0.758. The van der Waals surface area contributed by atoms with Gasteiger partial charge < -0.3 is 20.5 Å². The molecule has 0 aliphatic carbocycles. The molecule has 116 valence electrons. The van der Waals surface area contributed by atoms with E-state index in [0.29, 0.717) is 31.7 Å². The zero-order chi connectivity index (χ0) is 15.3. The second-order valence-corrected chi connectivity index (χ2v) is 5.54. The smallest absolute Gasteiger partial charge is 0.234 e. The SMILES string of the molecule is O=C(CNCCC1(O)COC1)NCc1cccc(Cl)c1F. The van der Waals surface area contributed by atoms with Crippen LogP contribution in [-0.2, 0) is 16.1 Å². The highest BCUT2D eigenvalue weighted by Gasteiger charge is 2.35. The van der Waals surface area contributed by atoms with Gasteiger partial charge in [-0.1, -0.05) is 23.7 Å². The Kier molecular flexibility index (Phi) is 5.52. The number of rotatable bonds is 7. The lowest BCUT2D eigenvalue weighted by atomic mass is 9.98. The van der Waals surface area contributed by atoms with E-state index >= 15 is 0 Å². The van der Waals surface area contributed by atoms with E-state index < -0.39 is 11.4 Å². The van der Waals surface area contributed by atoms with Gasteiger partial charge in [0.2, 0.25) is 5.91 Å². The Hall–Kier alpha value is -1.21. The Balaban J connectivity index is 1.64.